The number of aromatic nitrogens is 6. The highest BCUT2D eigenvalue weighted by Gasteiger charge is 2.36. The van der Waals surface area contributed by atoms with Gasteiger partial charge in [-0.3, -0.25) is 5.10 Å². The van der Waals surface area contributed by atoms with Gasteiger partial charge in [-0.15, -0.1) is 5.10 Å². The van der Waals surface area contributed by atoms with Gasteiger partial charge in [0.2, 0.25) is 11.6 Å². The number of aromatic amines is 1. The molecule has 1 atom stereocenters. The molecule has 0 aromatic carbocycles. The van der Waals surface area contributed by atoms with Gasteiger partial charge < -0.3 is 10.1 Å². The lowest BCUT2D eigenvalue weighted by molar-refractivity contribution is -0.138. The van der Waals surface area contributed by atoms with E-state index in [-0.39, 0.29) is 17.7 Å². The van der Waals surface area contributed by atoms with E-state index in [0.717, 1.165) is 6.92 Å². The Bertz CT molecular complexity index is 857. The first kappa shape index (κ1) is 17.0. The summed E-state index contributed by atoms with van der Waals surface area (Å²) in [6.07, 6.45) is -0.0441. The van der Waals surface area contributed by atoms with Crippen molar-refractivity contribution < 1.29 is 17.9 Å². The molecular formula is C14H16F3N7O. The van der Waals surface area contributed by atoms with Crippen molar-refractivity contribution >= 4 is 11.6 Å². The first-order valence-electron chi connectivity index (χ1n) is 7.50. The number of rotatable bonds is 5. The fraction of sp³-hybridized carbons (Fsp3) is 0.429. The number of anilines is 1. The van der Waals surface area contributed by atoms with Crippen LogP contribution < -0.4 is 10.1 Å². The predicted octanol–water partition coefficient (Wildman–Crippen LogP) is 2.66. The van der Waals surface area contributed by atoms with Crippen LogP contribution in [0.2, 0.25) is 0 Å². The molecule has 2 N–H and O–H groups in total. The summed E-state index contributed by atoms with van der Waals surface area (Å²) in [6, 6.07) is -1.79. The minimum Gasteiger partial charge on any atom is -0.485 e. The molecule has 0 fully saturated rings. The first-order chi connectivity index (χ1) is 11.8. The molecular weight excluding hydrogens is 339 g/mol. The van der Waals surface area contributed by atoms with Crippen molar-refractivity contribution in [1.29, 1.82) is 0 Å². The van der Waals surface area contributed by atoms with Crippen LogP contribution in [-0.4, -0.2) is 48.1 Å². The molecule has 25 heavy (non-hydrogen) atoms. The van der Waals surface area contributed by atoms with Gasteiger partial charge in [-0.2, -0.15) is 27.8 Å². The van der Waals surface area contributed by atoms with E-state index in [1.807, 2.05) is 13.8 Å². The maximum Gasteiger partial charge on any atom is 0.408 e. The molecule has 3 heterocycles. The molecule has 0 aliphatic carbocycles. The highest BCUT2D eigenvalue weighted by molar-refractivity contribution is 5.73. The number of halogens is 3. The number of H-pyrrole nitrogens is 1. The predicted molar refractivity (Wildman–Crippen MR) is 83.3 cm³/mol. The number of hydrogen-bond donors (Lipinski definition) is 2. The second-order valence-corrected chi connectivity index (χ2v) is 5.69. The lowest BCUT2D eigenvalue weighted by Gasteiger charge is -2.15. The monoisotopic (exact) mass is 355 g/mol. The van der Waals surface area contributed by atoms with Crippen LogP contribution in [0.15, 0.2) is 18.7 Å². The van der Waals surface area contributed by atoms with Crippen molar-refractivity contribution in [3.05, 3.63) is 18.7 Å². The summed E-state index contributed by atoms with van der Waals surface area (Å²) in [4.78, 5) is 8.40. The van der Waals surface area contributed by atoms with Crippen LogP contribution in [0.5, 0.6) is 5.75 Å². The molecule has 0 aliphatic heterocycles. The maximum atomic E-state index is 12.7. The molecule has 0 unspecified atom stereocenters. The quantitative estimate of drug-likeness (QED) is 0.731. The Labute approximate surface area is 140 Å². The average Bonchev–Trinajstić information content (AvgIpc) is 3.14. The van der Waals surface area contributed by atoms with Crippen molar-refractivity contribution in [1.82, 2.24) is 29.8 Å². The van der Waals surface area contributed by atoms with Crippen molar-refractivity contribution in [3.8, 4) is 17.0 Å². The van der Waals surface area contributed by atoms with Crippen LogP contribution >= 0.6 is 0 Å². The third-order valence-corrected chi connectivity index (χ3v) is 3.31. The summed E-state index contributed by atoms with van der Waals surface area (Å²) in [7, 11) is 0. The smallest absolute Gasteiger partial charge is 0.408 e. The van der Waals surface area contributed by atoms with E-state index in [1.165, 1.54) is 10.8 Å². The highest BCUT2D eigenvalue weighted by Crippen LogP contribution is 2.32. The van der Waals surface area contributed by atoms with Gasteiger partial charge in [0, 0.05) is 11.8 Å². The van der Waals surface area contributed by atoms with Gasteiger partial charge in [0.1, 0.15) is 18.1 Å². The number of nitrogens with zero attached hydrogens (tertiary/aromatic N) is 5. The third-order valence-electron chi connectivity index (χ3n) is 3.31. The number of fused-ring (bicyclic) bond motifs is 1. The molecule has 0 aliphatic rings. The normalized spacial score (nSPS) is 13.4. The Hall–Kier alpha value is -2.85. The van der Waals surface area contributed by atoms with Crippen molar-refractivity contribution in [2.24, 2.45) is 0 Å². The molecule has 0 spiro atoms. The van der Waals surface area contributed by atoms with Crippen LogP contribution in [0.25, 0.3) is 16.9 Å². The lowest BCUT2D eigenvalue weighted by Crippen LogP contribution is -2.33. The fourth-order valence-corrected chi connectivity index (χ4v) is 2.10. The topological polar surface area (TPSA) is 93.0 Å². The van der Waals surface area contributed by atoms with E-state index in [4.69, 9.17) is 4.74 Å². The first-order valence-corrected chi connectivity index (χ1v) is 7.50. The van der Waals surface area contributed by atoms with Crippen LogP contribution in [0.3, 0.4) is 0 Å². The second-order valence-electron chi connectivity index (χ2n) is 5.69. The van der Waals surface area contributed by atoms with E-state index in [9.17, 15) is 13.2 Å². The van der Waals surface area contributed by atoms with Gasteiger partial charge in [0.15, 0.2) is 5.75 Å². The van der Waals surface area contributed by atoms with Crippen LogP contribution in [0.1, 0.15) is 20.8 Å². The molecule has 0 saturated carbocycles. The lowest BCUT2D eigenvalue weighted by atomic mass is 10.2. The van der Waals surface area contributed by atoms with E-state index in [1.54, 1.807) is 12.4 Å². The summed E-state index contributed by atoms with van der Waals surface area (Å²) in [5.41, 5.74) is 1.40. The Morgan fingerprint density at radius 3 is 2.64 bits per heavy atom. The largest absolute Gasteiger partial charge is 0.485 e. The maximum absolute atomic E-state index is 12.7. The zero-order valence-electron chi connectivity index (χ0n) is 13.7. The van der Waals surface area contributed by atoms with E-state index in [2.05, 4.69) is 30.6 Å². The van der Waals surface area contributed by atoms with Gasteiger partial charge in [0.25, 0.3) is 0 Å². The highest BCUT2D eigenvalue weighted by atomic mass is 19.4. The molecule has 0 bridgehead atoms. The van der Waals surface area contributed by atoms with Gasteiger partial charge in [-0.05, 0) is 20.8 Å². The molecule has 0 amide bonds. The van der Waals surface area contributed by atoms with E-state index < -0.39 is 12.2 Å². The zero-order chi connectivity index (χ0) is 18.2. The van der Waals surface area contributed by atoms with E-state index >= 15 is 0 Å². The molecule has 0 radical (unpaired) electrons. The van der Waals surface area contributed by atoms with Crippen molar-refractivity contribution in [3.63, 3.8) is 0 Å². The minimum atomic E-state index is -4.41. The number of alkyl halides is 3. The average molecular weight is 355 g/mol. The number of nitrogens with one attached hydrogen (secondary N) is 2. The molecule has 11 heteroatoms. The van der Waals surface area contributed by atoms with Crippen molar-refractivity contribution in [2.75, 3.05) is 5.32 Å². The van der Waals surface area contributed by atoms with Crippen LogP contribution in [0, 0.1) is 0 Å². The SMILES string of the molecule is CC(C)Oc1c(-c2cn[nH]c2)ncn2nc(N[C@H](C)C(F)(F)F)nc12. The molecule has 3 aromatic heterocycles. The van der Waals surface area contributed by atoms with Crippen LogP contribution in [0.4, 0.5) is 19.1 Å². The summed E-state index contributed by atoms with van der Waals surface area (Å²) in [5, 5.41) is 12.8. The van der Waals surface area contributed by atoms with E-state index in [0.29, 0.717) is 17.0 Å². The second kappa shape index (κ2) is 6.22. The Kier molecular flexibility index (Phi) is 4.23. The number of hydrogen-bond acceptors (Lipinski definition) is 6. The summed E-state index contributed by atoms with van der Waals surface area (Å²) in [5.74, 6) is 0.156. The minimum absolute atomic E-state index is 0.162. The van der Waals surface area contributed by atoms with Gasteiger partial charge >= 0.3 is 6.18 Å². The summed E-state index contributed by atoms with van der Waals surface area (Å²) >= 11 is 0. The molecule has 8 nitrogen and oxygen atoms in total. The summed E-state index contributed by atoms with van der Waals surface area (Å²) in [6.45, 7) is 4.64. The molecule has 0 saturated heterocycles. The third kappa shape index (κ3) is 3.49. The number of ether oxygens (including phenoxy) is 1. The van der Waals surface area contributed by atoms with Crippen molar-refractivity contribution in [2.45, 2.75) is 39.1 Å². The Balaban J connectivity index is 2.06. The Morgan fingerprint density at radius 2 is 2.04 bits per heavy atom. The Morgan fingerprint density at radius 1 is 1.28 bits per heavy atom. The molecule has 3 rings (SSSR count). The fourth-order valence-electron chi connectivity index (χ4n) is 2.10. The standard InChI is InChI=1S/C14H16F3N7O/c1-7(2)25-11-10(9-4-19-20-5-9)18-6-24-12(11)22-13(23-24)21-8(3)14(15,16)17/h4-8H,1-3H3,(H,19,20)(H,21,23)/t8-/m1/s1. The molecule has 134 valence electrons. The van der Waals surface area contributed by atoms with Crippen LogP contribution in [-0.2, 0) is 0 Å². The summed E-state index contributed by atoms with van der Waals surface area (Å²) < 4.78 is 45.2. The van der Waals surface area contributed by atoms with Gasteiger partial charge in [-0.1, -0.05) is 0 Å². The molecule has 3 aromatic rings. The van der Waals surface area contributed by atoms with Gasteiger partial charge in [-0.25, -0.2) is 4.98 Å². The van der Waals surface area contributed by atoms with Gasteiger partial charge in [0.05, 0.1) is 12.3 Å². The zero-order valence-corrected chi connectivity index (χ0v) is 13.7.